The number of rotatable bonds is 5. The van der Waals surface area contributed by atoms with Crippen LogP contribution in [0.3, 0.4) is 0 Å². The number of fused-ring (bicyclic) bond motifs is 1. The fraction of sp³-hybridized carbons (Fsp3) is 0.412. The first-order chi connectivity index (χ1) is 10.9. The van der Waals surface area contributed by atoms with Crippen LogP contribution in [0.4, 0.5) is 5.69 Å². The summed E-state index contributed by atoms with van der Waals surface area (Å²) in [5, 5.41) is 12.3. The van der Waals surface area contributed by atoms with Crippen LogP contribution in [-0.4, -0.2) is 28.2 Å². The molecule has 0 aliphatic carbocycles. The van der Waals surface area contributed by atoms with Gasteiger partial charge in [-0.15, -0.1) is 0 Å². The number of hydrogen-bond acceptors (Lipinski definition) is 4. The number of nitrogens with one attached hydrogen (secondary N) is 1. The number of aliphatic hydroxyl groups is 1. The van der Waals surface area contributed by atoms with E-state index in [1.54, 1.807) is 18.3 Å². The number of nitrogens with two attached hydrogens (primary N) is 1. The predicted molar refractivity (Wildman–Crippen MR) is 91.6 cm³/mol. The fourth-order valence-corrected chi connectivity index (χ4v) is 2.55. The second kappa shape index (κ2) is 6.83. The van der Waals surface area contributed by atoms with Crippen LogP contribution in [0.25, 0.3) is 10.9 Å². The minimum atomic E-state index is -0.490. The van der Waals surface area contributed by atoms with Crippen LogP contribution in [0.2, 0.25) is 0 Å². The van der Waals surface area contributed by atoms with E-state index in [0.29, 0.717) is 23.0 Å². The molecule has 0 aliphatic rings. The van der Waals surface area contributed by atoms with Crippen LogP contribution in [0.5, 0.6) is 0 Å². The predicted octanol–water partition coefficient (Wildman–Crippen LogP) is 1.67. The largest absolute Gasteiger partial charge is 0.398 e. The maximum absolute atomic E-state index is 12.7. The summed E-state index contributed by atoms with van der Waals surface area (Å²) in [5.41, 5.74) is 6.67. The highest BCUT2D eigenvalue weighted by molar-refractivity contribution is 6.00. The molecule has 4 N–H and O–H groups in total. The van der Waals surface area contributed by atoms with E-state index in [9.17, 15) is 14.7 Å². The lowest BCUT2D eigenvalue weighted by Crippen LogP contribution is -2.39. The van der Waals surface area contributed by atoms with Crippen molar-refractivity contribution >= 4 is 22.5 Å². The molecule has 1 amide bonds. The number of carbonyl (C=O) groups is 1. The Bertz CT molecular complexity index is 776. The molecule has 2 aromatic rings. The van der Waals surface area contributed by atoms with Gasteiger partial charge in [0.2, 0.25) is 5.43 Å². The molecule has 6 nitrogen and oxygen atoms in total. The Kier molecular flexibility index (Phi) is 5.05. The Morgan fingerprint density at radius 1 is 1.39 bits per heavy atom. The second-order valence-electron chi connectivity index (χ2n) is 5.88. The number of pyridine rings is 1. The fourth-order valence-electron chi connectivity index (χ4n) is 2.55. The molecule has 0 fully saturated rings. The Balaban J connectivity index is 2.66. The third-order valence-electron chi connectivity index (χ3n) is 3.94. The second-order valence-corrected chi connectivity index (χ2v) is 5.88. The first-order valence-corrected chi connectivity index (χ1v) is 7.75. The Labute approximate surface area is 134 Å². The normalized spacial score (nSPS) is 12.6. The van der Waals surface area contributed by atoms with Crippen LogP contribution in [0.1, 0.15) is 43.6 Å². The lowest BCUT2D eigenvalue weighted by molar-refractivity contribution is 0.0913. The summed E-state index contributed by atoms with van der Waals surface area (Å²) in [7, 11) is 0. The number of nitrogens with zero attached hydrogens (tertiary/aromatic N) is 1. The smallest absolute Gasteiger partial charge is 0.257 e. The lowest BCUT2D eigenvalue weighted by Gasteiger charge is -2.19. The Morgan fingerprint density at radius 2 is 2.09 bits per heavy atom. The maximum atomic E-state index is 12.7. The van der Waals surface area contributed by atoms with Gasteiger partial charge < -0.3 is 20.7 Å². The van der Waals surface area contributed by atoms with E-state index < -0.39 is 5.91 Å². The molecule has 0 spiro atoms. The van der Waals surface area contributed by atoms with E-state index in [0.717, 1.165) is 0 Å². The number of anilines is 1. The molecular weight excluding hydrogens is 294 g/mol. The SMILES string of the molecule is CCC(CO)NC(=O)c1cn(C(C)C)c2cccc(N)c2c1=O. The highest BCUT2D eigenvalue weighted by Gasteiger charge is 2.19. The van der Waals surface area contributed by atoms with Crippen molar-refractivity contribution in [2.24, 2.45) is 0 Å². The van der Waals surface area contributed by atoms with Gasteiger partial charge in [-0.25, -0.2) is 0 Å². The number of aromatic nitrogens is 1. The number of hydrogen-bond donors (Lipinski definition) is 3. The van der Waals surface area contributed by atoms with E-state index in [4.69, 9.17) is 5.73 Å². The van der Waals surface area contributed by atoms with Crippen LogP contribution in [-0.2, 0) is 0 Å². The zero-order valence-electron chi connectivity index (χ0n) is 13.7. The molecular formula is C17H23N3O3. The third-order valence-corrected chi connectivity index (χ3v) is 3.94. The molecule has 0 bridgehead atoms. The Morgan fingerprint density at radius 3 is 2.65 bits per heavy atom. The van der Waals surface area contributed by atoms with E-state index in [1.807, 2.05) is 31.4 Å². The third kappa shape index (κ3) is 3.22. The van der Waals surface area contributed by atoms with Gasteiger partial charge in [0.05, 0.1) is 23.6 Å². The topological polar surface area (TPSA) is 97.3 Å². The number of benzene rings is 1. The van der Waals surface area contributed by atoms with Gasteiger partial charge in [0, 0.05) is 17.9 Å². The zero-order valence-corrected chi connectivity index (χ0v) is 13.7. The minimum absolute atomic E-state index is 0.0380. The van der Waals surface area contributed by atoms with Crippen LogP contribution >= 0.6 is 0 Å². The number of amides is 1. The molecule has 1 aromatic heterocycles. The van der Waals surface area contributed by atoms with Gasteiger partial charge in [0.1, 0.15) is 5.56 Å². The summed E-state index contributed by atoms with van der Waals surface area (Å²) in [6.45, 7) is 5.62. The van der Waals surface area contributed by atoms with Crippen LogP contribution in [0.15, 0.2) is 29.2 Å². The first kappa shape index (κ1) is 17.0. The molecule has 0 saturated heterocycles. The van der Waals surface area contributed by atoms with Gasteiger partial charge in [-0.1, -0.05) is 13.0 Å². The van der Waals surface area contributed by atoms with Crippen molar-refractivity contribution in [3.05, 3.63) is 40.2 Å². The highest BCUT2D eigenvalue weighted by Crippen LogP contribution is 2.21. The summed E-state index contributed by atoms with van der Waals surface area (Å²) in [6, 6.07) is 4.94. The molecule has 2 rings (SSSR count). The van der Waals surface area contributed by atoms with E-state index >= 15 is 0 Å². The van der Waals surface area contributed by atoms with Crippen molar-refractivity contribution in [1.29, 1.82) is 0 Å². The standard InChI is InChI=1S/C17H23N3O3/c1-4-11(9-21)19-17(23)12-8-20(10(2)3)14-7-5-6-13(18)15(14)16(12)22/h5-8,10-11,21H,4,9,18H2,1-3H3,(H,19,23). The zero-order chi connectivity index (χ0) is 17.1. The number of carbonyl (C=O) groups excluding carboxylic acids is 1. The molecule has 1 heterocycles. The van der Waals surface area contributed by atoms with Crippen molar-refractivity contribution in [3.8, 4) is 0 Å². The first-order valence-electron chi connectivity index (χ1n) is 7.75. The van der Waals surface area contributed by atoms with Gasteiger partial charge in [-0.3, -0.25) is 9.59 Å². The Hall–Kier alpha value is -2.34. The van der Waals surface area contributed by atoms with Crippen LogP contribution < -0.4 is 16.5 Å². The molecule has 0 saturated carbocycles. The quantitative estimate of drug-likeness (QED) is 0.731. The van der Waals surface area contributed by atoms with E-state index in [1.165, 1.54) is 0 Å². The summed E-state index contributed by atoms with van der Waals surface area (Å²) in [6.07, 6.45) is 2.14. The highest BCUT2D eigenvalue weighted by atomic mass is 16.3. The van der Waals surface area contributed by atoms with Crippen molar-refractivity contribution < 1.29 is 9.90 Å². The molecule has 1 atom stereocenters. The van der Waals surface area contributed by atoms with Gasteiger partial charge in [0.15, 0.2) is 0 Å². The van der Waals surface area contributed by atoms with E-state index in [2.05, 4.69) is 5.32 Å². The van der Waals surface area contributed by atoms with Gasteiger partial charge in [0.25, 0.3) is 5.91 Å². The number of aliphatic hydroxyl groups excluding tert-OH is 1. The van der Waals surface area contributed by atoms with Gasteiger partial charge in [-0.05, 0) is 32.4 Å². The van der Waals surface area contributed by atoms with Crippen molar-refractivity contribution in [3.63, 3.8) is 0 Å². The summed E-state index contributed by atoms with van der Waals surface area (Å²) >= 11 is 0. The molecule has 6 heteroatoms. The van der Waals surface area contributed by atoms with Gasteiger partial charge >= 0.3 is 0 Å². The van der Waals surface area contributed by atoms with Crippen LogP contribution in [0, 0.1) is 0 Å². The molecule has 23 heavy (non-hydrogen) atoms. The molecule has 124 valence electrons. The summed E-state index contributed by atoms with van der Waals surface area (Å²) < 4.78 is 1.86. The number of nitrogen functional groups attached to an aromatic ring is 1. The van der Waals surface area contributed by atoms with Gasteiger partial charge in [-0.2, -0.15) is 0 Å². The van der Waals surface area contributed by atoms with Crippen molar-refractivity contribution in [1.82, 2.24) is 9.88 Å². The van der Waals surface area contributed by atoms with Crippen molar-refractivity contribution in [2.45, 2.75) is 39.3 Å². The molecule has 1 unspecified atom stereocenters. The minimum Gasteiger partial charge on any atom is -0.398 e. The average Bonchev–Trinajstić information content (AvgIpc) is 2.52. The monoisotopic (exact) mass is 317 g/mol. The van der Waals surface area contributed by atoms with Crippen molar-refractivity contribution in [2.75, 3.05) is 12.3 Å². The molecule has 1 aromatic carbocycles. The van der Waals surface area contributed by atoms with E-state index in [-0.39, 0.29) is 29.7 Å². The summed E-state index contributed by atoms with van der Waals surface area (Å²) in [5.74, 6) is -0.490. The lowest BCUT2D eigenvalue weighted by atomic mass is 10.1. The maximum Gasteiger partial charge on any atom is 0.257 e. The average molecular weight is 317 g/mol. The molecule has 0 radical (unpaired) electrons. The summed E-state index contributed by atoms with van der Waals surface area (Å²) in [4.78, 5) is 25.2. The molecule has 0 aliphatic heterocycles.